The molecule has 0 saturated carbocycles. The monoisotopic (exact) mass is 355 g/mol. The van der Waals surface area contributed by atoms with Gasteiger partial charge in [-0.3, -0.25) is 14.9 Å². The zero-order valence-corrected chi connectivity index (χ0v) is 12.5. The lowest BCUT2D eigenvalue weighted by atomic mass is 10.3. The Morgan fingerprint density at radius 3 is 2.26 bits per heavy atom. The molecule has 0 aromatic heterocycles. The number of alkyl halides is 3. The number of rotatable bonds is 6. The van der Waals surface area contributed by atoms with Crippen LogP contribution in [0.25, 0.3) is 0 Å². The predicted octanol–water partition coefficient (Wildman–Crippen LogP) is 0.894. The quantitative estimate of drug-likeness (QED) is 0.602. The van der Waals surface area contributed by atoms with Crippen LogP contribution in [-0.2, 0) is 14.8 Å². The molecular formula is C11H12F3N3O5S. The van der Waals surface area contributed by atoms with E-state index in [1.165, 1.54) is 0 Å². The highest BCUT2D eigenvalue weighted by atomic mass is 32.2. The first-order valence-corrected chi connectivity index (χ1v) is 7.42. The molecule has 1 rings (SSSR count). The molecule has 1 N–H and O–H groups in total. The Hall–Kier alpha value is -2.21. The molecule has 0 spiro atoms. The average molecular weight is 355 g/mol. The van der Waals surface area contributed by atoms with E-state index in [9.17, 15) is 36.5 Å². The first-order chi connectivity index (χ1) is 10.4. The summed E-state index contributed by atoms with van der Waals surface area (Å²) in [5.74, 6) is -1.13. The highest BCUT2D eigenvalue weighted by Gasteiger charge is 2.29. The van der Waals surface area contributed by atoms with Gasteiger partial charge in [-0.1, -0.05) is 0 Å². The molecule has 0 aliphatic carbocycles. The molecule has 0 bridgehead atoms. The van der Waals surface area contributed by atoms with Crippen molar-refractivity contribution in [3.05, 3.63) is 34.4 Å². The van der Waals surface area contributed by atoms with E-state index in [1.54, 1.807) is 5.32 Å². The minimum absolute atomic E-state index is 0.325. The highest BCUT2D eigenvalue weighted by Crippen LogP contribution is 2.18. The lowest BCUT2D eigenvalue weighted by molar-refractivity contribution is -0.384. The maximum atomic E-state index is 12.1. The number of hydrogen-bond donors (Lipinski definition) is 1. The van der Waals surface area contributed by atoms with Crippen LogP contribution in [0.4, 0.5) is 18.9 Å². The predicted molar refractivity (Wildman–Crippen MR) is 72.0 cm³/mol. The molecule has 8 nitrogen and oxygen atoms in total. The summed E-state index contributed by atoms with van der Waals surface area (Å²) < 4.78 is 60.6. The number of carbonyl (C=O) groups is 1. The van der Waals surface area contributed by atoms with Gasteiger partial charge in [-0.15, -0.1) is 0 Å². The van der Waals surface area contributed by atoms with Crippen LogP contribution < -0.4 is 5.32 Å². The fourth-order valence-corrected chi connectivity index (χ4v) is 2.59. The lowest BCUT2D eigenvalue weighted by Crippen LogP contribution is -2.41. The second-order valence-corrected chi connectivity index (χ2v) is 6.45. The number of likely N-dealkylation sites (N-methyl/N-ethyl adjacent to an activating group) is 1. The number of nitro benzene ring substituents is 1. The van der Waals surface area contributed by atoms with Gasteiger partial charge in [0.05, 0.1) is 16.4 Å². The summed E-state index contributed by atoms with van der Waals surface area (Å²) in [5, 5.41) is 12.0. The third kappa shape index (κ3) is 5.49. The summed E-state index contributed by atoms with van der Waals surface area (Å²) in [6, 6.07) is 3.87. The number of nitro groups is 1. The fourth-order valence-electron chi connectivity index (χ4n) is 1.46. The number of nitrogens with zero attached hydrogens (tertiary/aromatic N) is 2. The molecule has 0 atom stereocenters. The van der Waals surface area contributed by atoms with Crippen LogP contribution in [-0.4, -0.2) is 49.9 Å². The minimum atomic E-state index is -4.61. The number of halogens is 3. The van der Waals surface area contributed by atoms with Crippen molar-refractivity contribution >= 4 is 21.6 Å². The van der Waals surface area contributed by atoms with Gasteiger partial charge in [-0.05, 0) is 12.1 Å². The summed E-state index contributed by atoms with van der Waals surface area (Å²) in [5.41, 5.74) is -0.325. The van der Waals surface area contributed by atoms with Crippen LogP contribution in [0.5, 0.6) is 0 Å². The van der Waals surface area contributed by atoms with Crippen molar-refractivity contribution in [2.75, 3.05) is 20.1 Å². The van der Waals surface area contributed by atoms with Gasteiger partial charge < -0.3 is 5.32 Å². The number of amides is 1. The van der Waals surface area contributed by atoms with E-state index in [2.05, 4.69) is 0 Å². The van der Waals surface area contributed by atoms with Gasteiger partial charge in [0.2, 0.25) is 15.9 Å². The van der Waals surface area contributed by atoms with Crippen molar-refractivity contribution in [1.29, 1.82) is 0 Å². The van der Waals surface area contributed by atoms with Gasteiger partial charge in [0.25, 0.3) is 5.69 Å². The molecule has 0 aliphatic rings. The molecule has 23 heavy (non-hydrogen) atoms. The van der Waals surface area contributed by atoms with E-state index in [4.69, 9.17) is 0 Å². The second-order valence-electron chi connectivity index (χ2n) is 4.40. The van der Waals surface area contributed by atoms with Crippen molar-refractivity contribution in [3.63, 3.8) is 0 Å². The second kappa shape index (κ2) is 6.91. The highest BCUT2D eigenvalue weighted by molar-refractivity contribution is 7.89. The smallest absolute Gasteiger partial charge is 0.346 e. The van der Waals surface area contributed by atoms with Crippen molar-refractivity contribution in [1.82, 2.24) is 9.62 Å². The molecule has 1 aromatic rings. The number of non-ortho nitro benzene ring substituents is 1. The van der Waals surface area contributed by atoms with Crippen LogP contribution in [0.1, 0.15) is 0 Å². The summed E-state index contributed by atoms with van der Waals surface area (Å²) in [4.78, 5) is 20.8. The lowest BCUT2D eigenvalue weighted by Gasteiger charge is -2.17. The van der Waals surface area contributed by atoms with E-state index < -0.39 is 40.1 Å². The van der Waals surface area contributed by atoms with Crippen LogP contribution >= 0.6 is 0 Å². The summed E-state index contributed by atoms with van der Waals surface area (Å²) in [7, 11) is -3.16. The maximum absolute atomic E-state index is 12.1. The Balaban J connectivity index is 2.79. The van der Waals surface area contributed by atoms with Gasteiger partial charge in [0.1, 0.15) is 6.54 Å². The number of benzene rings is 1. The van der Waals surface area contributed by atoms with Crippen molar-refractivity contribution in [2.45, 2.75) is 11.1 Å². The molecule has 0 saturated heterocycles. The minimum Gasteiger partial charge on any atom is -0.346 e. The first kappa shape index (κ1) is 18.8. The molecule has 0 radical (unpaired) electrons. The van der Waals surface area contributed by atoms with Gasteiger partial charge in [-0.2, -0.15) is 17.5 Å². The van der Waals surface area contributed by atoms with E-state index in [0.717, 1.165) is 31.3 Å². The fraction of sp³-hybridized carbons (Fsp3) is 0.364. The SMILES string of the molecule is CN(CC(=O)NCC(F)(F)F)S(=O)(=O)c1ccc([N+](=O)[O-])cc1. The summed E-state index contributed by atoms with van der Waals surface area (Å²) >= 11 is 0. The normalized spacial score (nSPS) is 12.2. The Labute approximate surface area is 129 Å². The Kier molecular flexibility index (Phi) is 5.66. The van der Waals surface area contributed by atoms with E-state index in [0.29, 0.717) is 4.31 Å². The van der Waals surface area contributed by atoms with Crippen LogP contribution in [0.15, 0.2) is 29.2 Å². The Bertz CT molecular complexity index is 688. The standard InChI is InChI=1S/C11H12F3N3O5S/c1-16(6-10(18)15-7-11(12,13)14)23(21,22)9-4-2-8(3-5-9)17(19)20/h2-5H,6-7H2,1H3,(H,15,18). The third-order valence-electron chi connectivity index (χ3n) is 2.61. The molecule has 0 fully saturated rings. The topological polar surface area (TPSA) is 110 Å². The van der Waals surface area contributed by atoms with Gasteiger partial charge >= 0.3 is 6.18 Å². The van der Waals surface area contributed by atoms with Gasteiger partial charge in [0.15, 0.2) is 0 Å². The molecule has 0 aliphatic heterocycles. The summed E-state index contributed by atoms with van der Waals surface area (Å²) in [6.45, 7) is -2.40. The molecule has 1 amide bonds. The Morgan fingerprint density at radius 2 is 1.83 bits per heavy atom. The number of nitrogens with one attached hydrogen (secondary N) is 1. The molecule has 128 valence electrons. The maximum Gasteiger partial charge on any atom is 0.405 e. The molecule has 1 aromatic carbocycles. The molecule has 12 heteroatoms. The van der Waals surface area contributed by atoms with Crippen LogP contribution in [0.3, 0.4) is 0 Å². The van der Waals surface area contributed by atoms with Crippen molar-refractivity contribution < 1.29 is 31.3 Å². The number of hydrogen-bond acceptors (Lipinski definition) is 5. The summed E-state index contributed by atoms with van der Waals surface area (Å²) in [6.07, 6.45) is -4.61. The first-order valence-electron chi connectivity index (χ1n) is 5.98. The average Bonchev–Trinajstić information content (AvgIpc) is 2.44. The zero-order valence-electron chi connectivity index (χ0n) is 11.7. The Morgan fingerprint density at radius 1 is 1.30 bits per heavy atom. The van der Waals surface area contributed by atoms with Crippen LogP contribution in [0.2, 0.25) is 0 Å². The zero-order chi connectivity index (χ0) is 17.8. The van der Waals surface area contributed by atoms with Crippen LogP contribution in [0, 0.1) is 10.1 Å². The third-order valence-corrected chi connectivity index (χ3v) is 4.43. The van der Waals surface area contributed by atoms with Gasteiger partial charge in [0, 0.05) is 19.2 Å². The number of carbonyl (C=O) groups excluding carboxylic acids is 1. The van der Waals surface area contributed by atoms with Gasteiger partial charge in [-0.25, -0.2) is 8.42 Å². The largest absolute Gasteiger partial charge is 0.405 e. The molecule has 0 heterocycles. The molecular weight excluding hydrogens is 343 g/mol. The van der Waals surface area contributed by atoms with Crippen molar-refractivity contribution in [3.8, 4) is 0 Å². The van der Waals surface area contributed by atoms with E-state index >= 15 is 0 Å². The molecule has 0 unspecified atom stereocenters. The van der Waals surface area contributed by atoms with Crippen molar-refractivity contribution in [2.24, 2.45) is 0 Å². The number of sulfonamides is 1. The van der Waals surface area contributed by atoms with E-state index in [-0.39, 0.29) is 10.6 Å². The van der Waals surface area contributed by atoms with E-state index in [1.807, 2.05) is 0 Å².